The zero-order chi connectivity index (χ0) is 19.9. The fourth-order valence-corrected chi connectivity index (χ4v) is 3.39. The van der Waals surface area contributed by atoms with Crippen LogP contribution in [0.1, 0.15) is 11.4 Å². The molecule has 144 valence electrons. The highest BCUT2D eigenvalue weighted by Crippen LogP contribution is 2.24. The van der Waals surface area contributed by atoms with Gasteiger partial charge in [0.1, 0.15) is 5.82 Å². The Bertz CT molecular complexity index is 960. The maximum Gasteiger partial charge on any atom is 0.321 e. The van der Waals surface area contributed by atoms with Crippen molar-refractivity contribution >= 4 is 35.3 Å². The molecule has 3 aromatic rings. The summed E-state index contributed by atoms with van der Waals surface area (Å²) in [5.41, 5.74) is 1.94. The molecule has 0 fully saturated rings. The molecule has 2 N–H and O–H groups in total. The number of imide groups is 1. The highest BCUT2D eigenvalue weighted by atomic mass is 35.5. The normalized spacial score (nSPS) is 10.5. The van der Waals surface area contributed by atoms with E-state index >= 15 is 0 Å². The Morgan fingerprint density at radius 3 is 2.46 bits per heavy atom. The molecule has 0 saturated heterocycles. The van der Waals surface area contributed by atoms with E-state index in [9.17, 15) is 9.59 Å². The van der Waals surface area contributed by atoms with E-state index in [-0.39, 0.29) is 5.75 Å². The molecule has 3 rings (SSSR count). The lowest BCUT2D eigenvalue weighted by Crippen LogP contribution is -2.38. The number of urea groups is 1. The molecule has 1 heterocycles. The number of benzene rings is 2. The zero-order valence-electron chi connectivity index (χ0n) is 15.1. The lowest BCUT2D eigenvalue weighted by atomic mass is 10.1. The average molecular weight is 416 g/mol. The Hall–Kier alpha value is -2.84. The van der Waals surface area contributed by atoms with Crippen LogP contribution in [0.5, 0.6) is 0 Å². The minimum atomic E-state index is -0.547. The fraction of sp³-hybridized carbons (Fsp3) is 0.158. The van der Waals surface area contributed by atoms with Gasteiger partial charge in [-0.2, -0.15) is 0 Å². The van der Waals surface area contributed by atoms with Gasteiger partial charge in [0.05, 0.1) is 5.75 Å². The summed E-state index contributed by atoms with van der Waals surface area (Å²) in [6.07, 6.45) is 0.585. The maximum absolute atomic E-state index is 11.9. The van der Waals surface area contributed by atoms with Gasteiger partial charge in [0.25, 0.3) is 0 Å². The number of halogens is 1. The molecule has 9 heteroatoms. The molecule has 0 unspecified atom stereocenters. The molecule has 0 aliphatic rings. The molecule has 2 aromatic carbocycles. The topological polar surface area (TPSA) is 88.9 Å². The third-order valence-corrected chi connectivity index (χ3v) is 4.98. The minimum Gasteiger partial charge on any atom is -0.341 e. The van der Waals surface area contributed by atoms with Crippen LogP contribution in [0.15, 0.2) is 59.8 Å². The van der Waals surface area contributed by atoms with Crippen molar-refractivity contribution < 1.29 is 9.59 Å². The standard InChI is InChI=1S/C19H18ClN5O2S/c1-21-18(27)22-17(26)12-28-19-24-23-16(11-13-5-3-2-4-6-13)25(19)15-9-7-14(20)8-10-15/h2-10H,11-12H2,1H3,(H2,21,22,26,27). The third kappa shape index (κ3) is 5.11. The molecule has 0 atom stereocenters. The number of nitrogens with one attached hydrogen (secondary N) is 2. The van der Waals surface area contributed by atoms with E-state index in [1.807, 2.05) is 47.0 Å². The van der Waals surface area contributed by atoms with Crippen LogP contribution in [0.4, 0.5) is 4.79 Å². The van der Waals surface area contributed by atoms with Crippen molar-refractivity contribution in [2.24, 2.45) is 0 Å². The molecule has 3 amide bonds. The van der Waals surface area contributed by atoms with Gasteiger partial charge in [-0.1, -0.05) is 53.7 Å². The van der Waals surface area contributed by atoms with Crippen LogP contribution < -0.4 is 10.6 Å². The van der Waals surface area contributed by atoms with Crippen LogP contribution in [0.2, 0.25) is 5.02 Å². The van der Waals surface area contributed by atoms with Crippen LogP contribution in [-0.2, 0) is 11.2 Å². The number of carbonyl (C=O) groups excluding carboxylic acids is 2. The summed E-state index contributed by atoms with van der Waals surface area (Å²) in [5, 5.41) is 14.3. The van der Waals surface area contributed by atoms with Gasteiger partial charge in [-0.05, 0) is 29.8 Å². The number of amides is 3. The van der Waals surface area contributed by atoms with Crippen LogP contribution >= 0.6 is 23.4 Å². The van der Waals surface area contributed by atoms with Crippen LogP contribution in [0, 0.1) is 0 Å². The number of rotatable bonds is 6. The summed E-state index contributed by atoms with van der Waals surface area (Å²) in [4.78, 5) is 23.2. The van der Waals surface area contributed by atoms with Crippen LogP contribution in [-0.4, -0.2) is 39.5 Å². The average Bonchev–Trinajstić information content (AvgIpc) is 3.10. The Kier molecular flexibility index (Phi) is 6.67. The molecule has 1 aromatic heterocycles. The van der Waals surface area contributed by atoms with Crippen molar-refractivity contribution in [1.82, 2.24) is 25.4 Å². The van der Waals surface area contributed by atoms with E-state index in [1.165, 1.54) is 18.8 Å². The Labute approximate surface area is 171 Å². The first-order valence-electron chi connectivity index (χ1n) is 8.45. The third-order valence-electron chi connectivity index (χ3n) is 3.80. The first-order chi connectivity index (χ1) is 13.6. The monoisotopic (exact) mass is 415 g/mol. The van der Waals surface area contributed by atoms with Gasteiger partial charge < -0.3 is 5.32 Å². The quantitative estimate of drug-likeness (QED) is 0.604. The maximum atomic E-state index is 11.9. The number of aromatic nitrogens is 3. The van der Waals surface area contributed by atoms with Crippen LogP contribution in [0.25, 0.3) is 5.69 Å². The number of carbonyl (C=O) groups is 2. The van der Waals surface area contributed by atoms with Crippen molar-refractivity contribution in [3.05, 3.63) is 71.0 Å². The SMILES string of the molecule is CNC(=O)NC(=O)CSc1nnc(Cc2ccccc2)n1-c1ccc(Cl)cc1. The van der Waals surface area contributed by atoms with Gasteiger partial charge in [-0.15, -0.1) is 10.2 Å². The van der Waals surface area contributed by atoms with E-state index in [0.717, 1.165) is 17.1 Å². The molecular weight excluding hydrogens is 398 g/mol. The molecule has 0 spiro atoms. The van der Waals surface area contributed by atoms with E-state index < -0.39 is 11.9 Å². The predicted octanol–water partition coefficient (Wildman–Crippen LogP) is 3.06. The summed E-state index contributed by atoms with van der Waals surface area (Å²) < 4.78 is 1.89. The summed E-state index contributed by atoms with van der Waals surface area (Å²) >= 11 is 7.21. The van der Waals surface area contributed by atoms with Crippen molar-refractivity contribution in [2.75, 3.05) is 12.8 Å². The summed E-state index contributed by atoms with van der Waals surface area (Å²) in [7, 11) is 1.45. The van der Waals surface area contributed by atoms with Crippen molar-refractivity contribution in [3.8, 4) is 5.69 Å². The number of hydrogen-bond donors (Lipinski definition) is 2. The smallest absolute Gasteiger partial charge is 0.321 e. The van der Waals surface area contributed by atoms with Gasteiger partial charge in [0.2, 0.25) is 5.91 Å². The number of nitrogens with zero attached hydrogens (tertiary/aromatic N) is 3. The molecule has 0 radical (unpaired) electrons. The lowest BCUT2D eigenvalue weighted by Gasteiger charge is -2.10. The van der Waals surface area contributed by atoms with Gasteiger partial charge in [0, 0.05) is 24.2 Å². The van der Waals surface area contributed by atoms with E-state index in [4.69, 9.17) is 11.6 Å². The van der Waals surface area contributed by atoms with Gasteiger partial charge in [-0.25, -0.2) is 4.79 Å². The van der Waals surface area contributed by atoms with Crippen molar-refractivity contribution in [1.29, 1.82) is 0 Å². The number of thioether (sulfide) groups is 1. The second kappa shape index (κ2) is 9.38. The van der Waals surface area contributed by atoms with Gasteiger partial charge in [-0.3, -0.25) is 14.7 Å². The minimum absolute atomic E-state index is 0.0322. The zero-order valence-corrected chi connectivity index (χ0v) is 16.6. The first-order valence-corrected chi connectivity index (χ1v) is 9.81. The van der Waals surface area contributed by atoms with Gasteiger partial charge >= 0.3 is 6.03 Å². The second-order valence-corrected chi connectivity index (χ2v) is 7.17. The largest absolute Gasteiger partial charge is 0.341 e. The highest BCUT2D eigenvalue weighted by Gasteiger charge is 2.17. The predicted molar refractivity (Wildman–Crippen MR) is 109 cm³/mol. The Morgan fingerprint density at radius 2 is 1.79 bits per heavy atom. The molecule has 0 aliphatic heterocycles. The molecular formula is C19H18ClN5O2S. The summed E-state index contributed by atoms with van der Waals surface area (Å²) in [6, 6.07) is 16.7. The molecule has 0 aliphatic carbocycles. The van der Waals surface area contributed by atoms with E-state index in [1.54, 1.807) is 12.1 Å². The summed E-state index contributed by atoms with van der Waals surface area (Å²) in [6.45, 7) is 0. The van der Waals surface area contributed by atoms with E-state index in [2.05, 4.69) is 20.8 Å². The highest BCUT2D eigenvalue weighted by molar-refractivity contribution is 7.99. The number of hydrogen-bond acceptors (Lipinski definition) is 5. The van der Waals surface area contributed by atoms with Crippen LogP contribution in [0.3, 0.4) is 0 Å². The first kappa shape index (κ1) is 19.9. The second-order valence-electron chi connectivity index (χ2n) is 5.79. The Balaban J connectivity index is 1.86. The molecule has 28 heavy (non-hydrogen) atoms. The molecule has 0 bridgehead atoms. The van der Waals surface area contributed by atoms with Crippen molar-refractivity contribution in [2.45, 2.75) is 11.6 Å². The lowest BCUT2D eigenvalue weighted by molar-refractivity contribution is -0.117. The fourth-order valence-electron chi connectivity index (χ4n) is 2.49. The summed E-state index contributed by atoms with van der Waals surface area (Å²) in [5.74, 6) is 0.354. The molecule has 7 nitrogen and oxygen atoms in total. The van der Waals surface area contributed by atoms with E-state index in [0.29, 0.717) is 16.6 Å². The van der Waals surface area contributed by atoms with Gasteiger partial charge in [0.15, 0.2) is 5.16 Å². The molecule has 0 saturated carbocycles. The Morgan fingerprint density at radius 1 is 1.07 bits per heavy atom. The van der Waals surface area contributed by atoms with Crippen molar-refractivity contribution in [3.63, 3.8) is 0 Å².